The number of carbonyl (C=O) groups excluding carboxylic acids is 1. The fourth-order valence-corrected chi connectivity index (χ4v) is 2.54. The fourth-order valence-electron chi connectivity index (χ4n) is 2.54. The molecule has 0 fully saturated rings. The van der Waals surface area contributed by atoms with Gasteiger partial charge in [0.2, 0.25) is 5.88 Å². The van der Waals surface area contributed by atoms with Gasteiger partial charge in [0.25, 0.3) is 0 Å². The Labute approximate surface area is 148 Å². The summed E-state index contributed by atoms with van der Waals surface area (Å²) in [6.45, 7) is 4.06. The molecule has 0 unspecified atom stereocenters. The molecule has 0 atom stereocenters. The summed E-state index contributed by atoms with van der Waals surface area (Å²) in [7, 11) is 1.78. The van der Waals surface area contributed by atoms with Crippen LogP contribution in [0.3, 0.4) is 0 Å². The minimum absolute atomic E-state index is 0.140. The smallest absolute Gasteiger partial charge is 0.344 e. The van der Waals surface area contributed by atoms with Crippen LogP contribution in [0, 0.1) is 0 Å². The fraction of sp³-hybridized carbons (Fsp3) is 0.350. The Kier molecular flexibility index (Phi) is 7.14. The first kappa shape index (κ1) is 18.6. The van der Waals surface area contributed by atoms with Crippen molar-refractivity contribution >= 4 is 11.7 Å². The Hall–Kier alpha value is -2.69. The summed E-state index contributed by atoms with van der Waals surface area (Å²) in [5, 5.41) is 0. The van der Waals surface area contributed by atoms with Crippen molar-refractivity contribution in [1.29, 1.82) is 0 Å². The first-order chi connectivity index (χ1) is 12.2. The lowest BCUT2D eigenvalue weighted by atomic mass is 9.99. The maximum Gasteiger partial charge on any atom is 0.344 e. The van der Waals surface area contributed by atoms with Crippen LogP contribution < -0.4 is 4.74 Å². The van der Waals surface area contributed by atoms with Crippen LogP contribution in [0.25, 0.3) is 0 Å². The minimum atomic E-state index is -0.398. The van der Waals surface area contributed by atoms with Crippen molar-refractivity contribution in [2.75, 3.05) is 20.3 Å². The predicted molar refractivity (Wildman–Crippen MR) is 98.4 cm³/mol. The number of aromatic nitrogens is 1. The van der Waals surface area contributed by atoms with Gasteiger partial charge in [-0.2, -0.15) is 0 Å². The van der Waals surface area contributed by atoms with Gasteiger partial charge in [0.05, 0.1) is 18.0 Å². The lowest BCUT2D eigenvalue weighted by molar-refractivity contribution is -0.145. The normalized spacial score (nSPS) is 11.2. The van der Waals surface area contributed by atoms with Crippen molar-refractivity contribution in [3.05, 3.63) is 59.3 Å². The Balaban J connectivity index is 2.28. The highest BCUT2D eigenvalue weighted by atomic mass is 16.6. The standard InChI is InChI=1S/C20H24N2O3/c1-4-9-17-16(20(21-3)15-10-7-6-8-11-15)12-13-18(22-17)25-14-19(23)24-5-2/h6-8,10-13H,4-5,9,14H2,1-3H3/b21-20-. The van der Waals surface area contributed by atoms with E-state index >= 15 is 0 Å². The summed E-state index contributed by atoms with van der Waals surface area (Å²) < 4.78 is 10.3. The molecule has 2 aromatic rings. The highest BCUT2D eigenvalue weighted by molar-refractivity contribution is 6.13. The number of hydrogen-bond donors (Lipinski definition) is 0. The van der Waals surface area contributed by atoms with Gasteiger partial charge in [-0.3, -0.25) is 4.99 Å². The third-order valence-electron chi connectivity index (χ3n) is 3.60. The molecule has 0 radical (unpaired) electrons. The zero-order valence-corrected chi connectivity index (χ0v) is 15.0. The molecule has 0 saturated heterocycles. The van der Waals surface area contributed by atoms with E-state index in [-0.39, 0.29) is 6.61 Å². The van der Waals surface area contributed by atoms with Gasteiger partial charge in [0.15, 0.2) is 6.61 Å². The van der Waals surface area contributed by atoms with Crippen molar-refractivity contribution in [1.82, 2.24) is 4.98 Å². The van der Waals surface area contributed by atoms with E-state index in [1.165, 1.54) is 0 Å². The summed E-state index contributed by atoms with van der Waals surface area (Å²) in [4.78, 5) is 20.5. The van der Waals surface area contributed by atoms with Gasteiger partial charge in [-0.15, -0.1) is 0 Å². The van der Waals surface area contributed by atoms with Crippen molar-refractivity contribution in [2.45, 2.75) is 26.7 Å². The number of ether oxygens (including phenoxy) is 2. The van der Waals surface area contributed by atoms with E-state index in [9.17, 15) is 4.79 Å². The van der Waals surface area contributed by atoms with Crippen molar-refractivity contribution in [3.8, 4) is 5.88 Å². The maximum absolute atomic E-state index is 11.4. The zero-order chi connectivity index (χ0) is 18.1. The van der Waals surface area contributed by atoms with E-state index in [0.717, 1.165) is 35.4 Å². The number of aliphatic imine (C=N–C) groups is 1. The molecule has 0 spiro atoms. The van der Waals surface area contributed by atoms with Gasteiger partial charge < -0.3 is 9.47 Å². The number of esters is 1. The molecule has 5 heteroatoms. The number of carbonyl (C=O) groups is 1. The van der Waals surface area contributed by atoms with Crippen LogP contribution in [-0.4, -0.2) is 36.9 Å². The third kappa shape index (κ3) is 5.14. The number of benzene rings is 1. The molecule has 1 aromatic carbocycles. The summed E-state index contributed by atoms with van der Waals surface area (Å²) in [5.41, 5.74) is 3.84. The van der Waals surface area contributed by atoms with Crippen molar-refractivity contribution < 1.29 is 14.3 Å². The van der Waals surface area contributed by atoms with Gasteiger partial charge in [-0.1, -0.05) is 43.7 Å². The third-order valence-corrected chi connectivity index (χ3v) is 3.60. The predicted octanol–water partition coefficient (Wildman–Crippen LogP) is 3.44. The largest absolute Gasteiger partial charge is 0.466 e. The van der Waals surface area contributed by atoms with Crippen LogP contribution in [0.15, 0.2) is 47.5 Å². The van der Waals surface area contributed by atoms with Gasteiger partial charge in [-0.05, 0) is 19.4 Å². The molecule has 0 aliphatic carbocycles. The molecule has 1 aromatic heterocycles. The second-order valence-electron chi connectivity index (χ2n) is 5.43. The monoisotopic (exact) mass is 340 g/mol. The summed E-state index contributed by atoms with van der Waals surface area (Å²) in [6.07, 6.45) is 1.75. The summed E-state index contributed by atoms with van der Waals surface area (Å²) in [6, 6.07) is 13.7. The van der Waals surface area contributed by atoms with Crippen molar-refractivity contribution in [2.24, 2.45) is 4.99 Å². The molecule has 1 heterocycles. The lowest BCUT2D eigenvalue weighted by Crippen LogP contribution is -2.16. The van der Waals surface area contributed by atoms with E-state index in [1.54, 1.807) is 20.0 Å². The van der Waals surface area contributed by atoms with Crippen LogP contribution in [0.5, 0.6) is 5.88 Å². The first-order valence-corrected chi connectivity index (χ1v) is 8.50. The first-order valence-electron chi connectivity index (χ1n) is 8.50. The molecule has 0 bridgehead atoms. The molecule has 25 heavy (non-hydrogen) atoms. The number of rotatable bonds is 8. The van der Waals surface area contributed by atoms with Crippen LogP contribution >= 0.6 is 0 Å². The minimum Gasteiger partial charge on any atom is -0.466 e. The number of aryl methyl sites for hydroxylation is 1. The molecular formula is C20H24N2O3. The quantitative estimate of drug-likeness (QED) is 0.545. The molecule has 0 aliphatic rings. The molecule has 0 amide bonds. The highest BCUT2D eigenvalue weighted by Crippen LogP contribution is 2.19. The van der Waals surface area contributed by atoms with E-state index < -0.39 is 5.97 Å². The lowest BCUT2D eigenvalue weighted by Gasteiger charge is -2.13. The Morgan fingerprint density at radius 3 is 2.52 bits per heavy atom. The molecule has 2 rings (SSSR count). The van der Waals surface area contributed by atoms with E-state index in [4.69, 9.17) is 9.47 Å². The highest BCUT2D eigenvalue weighted by Gasteiger charge is 2.14. The average Bonchev–Trinajstić information content (AvgIpc) is 2.63. The Morgan fingerprint density at radius 2 is 1.88 bits per heavy atom. The topological polar surface area (TPSA) is 60.8 Å². The molecule has 0 aliphatic heterocycles. The molecule has 5 nitrogen and oxygen atoms in total. The SMILES string of the molecule is CCCc1nc(OCC(=O)OCC)ccc1/C(=N\C)c1ccccc1. The van der Waals surface area contributed by atoms with Crippen LogP contribution in [0.2, 0.25) is 0 Å². The van der Waals surface area contributed by atoms with Gasteiger partial charge in [0.1, 0.15) is 0 Å². The second kappa shape index (κ2) is 9.57. The van der Waals surface area contributed by atoms with Crippen LogP contribution in [0.1, 0.15) is 37.1 Å². The number of hydrogen-bond acceptors (Lipinski definition) is 5. The maximum atomic E-state index is 11.4. The summed E-state index contributed by atoms with van der Waals surface area (Å²) in [5.74, 6) is 0.0225. The molecule has 132 valence electrons. The average molecular weight is 340 g/mol. The zero-order valence-electron chi connectivity index (χ0n) is 15.0. The van der Waals surface area contributed by atoms with Gasteiger partial charge >= 0.3 is 5.97 Å². The number of nitrogens with zero attached hydrogens (tertiary/aromatic N) is 2. The summed E-state index contributed by atoms with van der Waals surface area (Å²) >= 11 is 0. The van der Waals surface area contributed by atoms with Crippen LogP contribution in [0.4, 0.5) is 0 Å². The Bertz CT molecular complexity index is 727. The number of pyridine rings is 1. The second-order valence-corrected chi connectivity index (χ2v) is 5.43. The van der Waals surface area contributed by atoms with E-state index in [0.29, 0.717) is 12.5 Å². The van der Waals surface area contributed by atoms with Crippen molar-refractivity contribution in [3.63, 3.8) is 0 Å². The van der Waals surface area contributed by atoms with Gasteiger partial charge in [0, 0.05) is 24.2 Å². The Morgan fingerprint density at radius 1 is 1.12 bits per heavy atom. The molecular weight excluding hydrogens is 316 g/mol. The van der Waals surface area contributed by atoms with E-state index in [1.807, 2.05) is 36.4 Å². The molecule has 0 saturated carbocycles. The molecule has 0 N–H and O–H groups in total. The van der Waals surface area contributed by atoms with E-state index in [2.05, 4.69) is 16.9 Å². The van der Waals surface area contributed by atoms with Crippen LogP contribution in [-0.2, 0) is 16.0 Å². The van der Waals surface area contributed by atoms with Gasteiger partial charge in [-0.25, -0.2) is 9.78 Å².